The Kier molecular flexibility index (Phi) is 5.88. The first kappa shape index (κ1) is 16.2. The number of anilines is 1. The molecule has 6 heteroatoms. The predicted molar refractivity (Wildman–Crippen MR) is 87.1 cm³/mol. The molecule has 118 valence electrons. The molecule has 6 nitrogen and oxygen atoms in total. The number of aldehydes is 1. The van der Waals surface area contributed by atoms with E-state index in [2.05, 4.69) is 16.0 Å². The SMILES string of the molecule is O=CCNC(=O)c1cccc(NC(=O)NCc2ccccc2)c1. The molecule has 0 bridgehead atoms. The molecule has 2 aromatic carbocycles. The second kappa shape index (κ2) is 8.33. The lowest BCUT2D eigenvalue weighted by molar-refractivity contribution is -0.107. The minimum absolute atomic E-state index is 0.0476. The Morgan fingerprint density at radius 3 is 2.48 bits per heavy atom. The van der Waals surface area contributed by atoms with Gasteiger partial charge in [0.2, 0.25) is 0 Å². The summed E-state index contributed by atoms with van der Waals surface area (Å²) in [6.07, 6.45) is 0.608. The third-order valence-electron chi connectivity index (χ3n) is 3.02. The van der Waals surface area contributed by atoms with Crippen LogP contribution in [-0.2, 0) is 11.3 Å². The molecule has 0 aromatic heterocycles. The fraction of sp³-hybridized carbons (Fsp3) is 0.118. The van der Waals surface area contributed by atoms with Gasteiger partial charge in [0.25, 0.3) is 5.91 Å². The number of hydrogen-bond donors (Lipinski definition) is 3. The van der Waals surface area contributed by atoms with Crippen LogP contribution in [-0.4, -0.2) is 24.8 Å². The maximum atomic E-state index is 11.9. The molecule has 0 saturated heterocycles. The fourth-order valence-corrected chi connectivity index (χ4v) is 1.93. The van der Waals surface area contributed by atoms with Crippen molar-refractivity contribution in [2.45, 2.75) is 6.54 Å². The van der Waals surface area contributed by atoms with Crippen molar-refractivity contribution in [3.8, 4) is 0 Å². The van der Waals surface area contributed by atoms with Gasteiger partial charge < -0.3 is 20.7 Å². The second-order valence-corrected chi connectivity index (χ2v) is 4.75. The van der Waals surface area contributed by atoms with Gasteiger partial charge in [-0.3, -0.25) is 4.79 Å². The molecule has 0 spiro atoms. The van der Waals surface area contributed by atoms with Gasteiger partial charge in [-0.2, -0.15) is 0 Å². The molecule has 0 radical (unpaired) electrons. The zero-order valence-electron chi connectivity index (χ0n) is 12.4. The van der Waals surface area contributed by atoms with Crippen LogP contribution in [0.2, 0.25) is 0 Å². The molecule has 0 saturated carbocycles. The Bertz CT molecular complexity index is 686. The summed E-state index contributed by atoms with van der Waals surface area (Å²) >= 11 is 0. The molecule has 23 heavy (non-hydrogen) atoms. The van der Waals surface area contributed by atoms with Gasteiger partial charge >= 0.3 is 6.03 Å². The van der Waals surface area contributed by atoms with Crippen molar-refractivity contribution in [2.24, 2.45) is 0 Å². The van der Waals surface area contributed by atoms with Crippen LogP contribution in [0.3, 0.4) is 0 Å². The monoisotopic (exact) mass is 311 g/mol. The normalized spacial score (nSPS) is 9.74. The summed E-state index contributed by atoms with van der Waals surface area (Å²) in [5.74, 6) is -0.370. The minimum Gasteiger partial charge on any atom is -0.345 e. The number of carbonyl (C=O) groups is 3. The van der Waals surface area contributed by atoms with E-state index < -0.39 is 0 Å². The van der Waals surface area contributed by atoms with Gasteiger partial charge in [0.15, 0.2) is 0 Å². The first-order valence-corrected chi connectivity index (χ1v) is 7.09. The molecule has 0 fully saturated rings. The van der Waals surface area contributed by atoms with Crippen LogP contribution in [0.25, 0.3) is 0 Å². The van der Waals surface area contributed by atoms with E-state index in [1.807, 2.05) is 30.3 Å². The quantitative estimate of drug-likeness (QED) is 0.712. The van der Waals surface area contributed by atoms with E-state index in [-0.39, 0.29) is 18.5 Å². The number of rotatable bonds is 6. The number of nitrogens with one attached hydrogen (secondary N) is 3. The predicted octanol–water partition coefficient (Wildman–Crippen LogP) is 1.94. The highest BCUT2D eigenvalue weighted by atomic mass is 16.2. The molecule has 0 heterocycles. The van der Waals surface area contributed by atoms with Crippen LogP contribution >= 0.6 is 0 Å². The van der Waals surface area contributed by atoms with Crippen molar-refractivity contribution in [3.63, 3.8) is 0 Å². The van der Waals surface area contributed by atoms with Gasteiger partial charge in [0.1, 0.15) is 6.29 Å². The Labute approximate surface area is 133 Å². The molecule has 3 N–H and O–H groups in total. The summed E-state index contributed by atoms with van der Waals surface area (Å²) in [6, 6.07) is 15.7. The molecular formula is C17H17N3O3. The standard InChI is InChI=1S/C17H17N3O3/c21-10-9-18-16(22)14-7-4-8-15(11-14)20-17(23)19-12-13-5-2-1-3-6-13/h1-8,10-11H,9,12H2,(H,18,22)(H2,19,20,23). The second-order valence-electron chi connectivity index (χ2n) is 4.75. The van der Waals surface area contributed by atoms with Crippen molar-refractivity contribution < 1.29 is 14.4 Å². The zero-order chi connectivity index (χ0) is 16.5. The van der Waals surface area contributed by atoms with E-state index in [0.29, 0.717) is 24.1 Å². The molecular weight excluding hydrogens is 294 g/mol. The maximum Gasteiger partial charge on any atom is 0.319 e. The van der Waals surface area contributed by atoms with Crippen LogP contribution in [0.1, 0.15) is 15.9 Å². The van der Waals surface area contributed by atoms with Crippen LogP contribution in [0.4, 0.5) is 10.5 Å². The van der Waals surface area contributed by atoms with Crippen molar-refractivity contribution in [3.05, 3.63) is 65.7 Å². The minimum atomic E-state index is -0.370. The summed E-state index contributed by atoms with van der Waals surface area (Å²) in [6.45, 7) is 0.361. The average molecular weight is 311 g/mol. The van der Waals surface area contributed by atoms with Crippen molar-refractivity contribution in [2.75, 3.05) is 11.9 Å². The first-order chi connectivity index (χ1) is 11.2. The Balaban J connectivity index is 1.90. The number of hydrogen-bond acceptors (Lipinski definition) is 3. The lowest BCUT2D eigenvalue weighted by Gasteiger charge is -2.09. The van der Waals surface area contributed by atoms with Gasteiger partial charge in [-0.05, 0) is 23.8 Å². The van der Waals surface area contributed by atoms with E-state index in [9.17, 15) is 14.4 Å². The summed E-state index contributed by atoms with van der Waals surface area (Å²) < 4.78 is 0. The third kappa shape index (κ3) is 5.28. The number of amides is 3. The lowest BCUT2D eigenvalue weighted by Crippen LogP contribution is -2.28. The highest BCUT2D eigenvalue weighted by molar-refractivity contribution is 5.97. The van der Waals surface area contributed by atoms with Gasteiger partial charge in [-0.1, -0.05) is 36.4 Å². The van der Waals surface area contributed by atoms with Gasteiger partial charge in [-0.25, -0.2) is 4.79 Å². The molecule has 2 aromatic rings. The van der Waals surface area contributed by atoms with Crippen molar-refractivity contribution in [1.82, 2.24) is 10.6 Å². The summed E-state index contributed by atoms with van der Waals surface area (Å²) in [7, 11) is 0. The van der Waals surface area contributed by atoms with Gasteiger partial charge in [-0.15, -0.1) is 0 Å². The average Bonchev–Trinajstić information content (AvgIpc) is 2.59. The summed E-state index contributed by atoms with van der Waals surface area (Å²) in [5.41, 5.74) is 1.85. The first-order valence-electron chi connectivity index (χ1n) is 7.09. The van der Waals surface area contributed by atoms with Crippen molar-refractivity contribution in [1.29, 1.82) is 0 Å². The molecule has 0 unspecified atom stereocenters. The number of benzene rings is 2. The lowest BCUT2D eigenvalue weighted by atomic mass is 10.2. The van der Waals surface area contributed by atoms with E-state index in [1.54, 1.807) is 24.3 Å². The Hall–Kier alpha value is -3.15. The third-order valence-corrected chi connectivity index (χ3v) is 3.02. The largest absolute Gasteiger partial charge is 0.345 e. The Morgan fingerprint density at radius 2 is 1.74 bits per heavy atom. The topological polar surface area (TPSA) is 87.3 Å². The van der Waals surface area contributed by atoms with E-state index >= 15 is 0 Å². The molecule has 0 aliphatic rings. The van der Waals surface area contributed by atoms with E-state index in [1.165, 1.54) is 0 Å². The molecule has 3 amide bonds. The molecule has 0 aliphatic heterocycles. The van der Waals surface area contributed by atoms with E-state index in [4.69, 9.17) is 0 Å². The fourth-order valence-electron chi connectivity index (χ4n) is 1.93. The smallest absolute Gasteiger partial charge is 0.319 e. The Morgan fingerprint density at radius 1 is 0.957 bits per heavy atom. The van der Waals surface area contributed by atoms with Crippen molar-refractivity contribution >= 4 is 23.9 Å². The highest BCUT2D eigenvalue weighted by Gasteiger charge is 2.07. The number of carbonyl (C=O) groups excluding carboxylic acids is 3. The van der Waals surface area contributed by atoms with Crippen LogP contribution in [0.5, 0.6) is 0 Å². The van der Waals surface area contributed by atoms with E-state index in [0.717, 1.165) is 5.56 Å². The highest BCUT2D eigenvalue weighted by Crippen LogP contribution is 2.10. The molecule has 2 rings (SSSR count). The number of urea groups is 1. The molecule has 0 aliphatic carbocycles. The van der Waals surface area contributed by atoms with Crippen LogP contribution in [0.15, 0.2) is 54.6 Å². The van der Waals surface area contributed by atoms with Gasteiger partial charge in [0, 0.05) is 17.8 Å². The van der Waals surface area contributed by atoms with Crippen LogP contribution < -0.4 is 16.0 Å². The summed E-state index contributed by atoms with van der Waals surface area (Å²) in [5, 5.41) is 7.84. The zero-order valence-corrected chi connectivity index (χ0v) is 12.4. The van der Waals surface area contributed by atoms with Gasteiger partial charge in [0.05, 0.1) is 6.54 Å². The maximum absolute atomic E-state index is 11.9. The van der Waals surface area contributed by atoms with Crippen LogP contribution in [0, 0.1) is 0 Å². The summed E-state index contributed by atoms with van der Waals surface area (Å²) in [4.78, 5) is 33.9. The molecule has 0 atom stereocenters.